The first-order valence-corrected chi connectivity index (χ1v) is 8.34. The minimum absolute atomic E-state index is 0.0528. The highest BCUT2D eigenvalue weighted by Gasteiger charge is 2.31. The van der Waals surface area contributed by atoms with E-state index in [0.29, 0.717) is 25.3 Å². The van der Waals surface area contributed by atoms with Crippen molar-refractivity contribution in [2.24, 2.45) is 0 Å². The molecule has 3 rings (SSSR count). The van der Waals surface area contributed by atoms with Crippen LogP contribution in [0.1, 0.15) is 16.5 Å². The molecule has 1 fully saturated rings. The molecule has 2 aromatic rings. The highest BCUT2D eigenvalue weighted by molar-refractivity contribution is 7.10. The zero-order valence-corrected chi connectivity index (χ0v) is 13.4. The van der Waals surface area contributed by atoms with Crippen LogP contribution in [-0.4, -0.2) is 37.0 Å². The van der Waals surface area contributed by atoms with E-state index in [1.165, 1.54) is 0 Å². The molecular weight excluding hydrogens is 310 g/mol. The molecule has 0 bridgehead atoms. The zero-order valence-electron chi connectivity index (χ0n) is 12.6. The Kier molecular flexibility index (Phi) is 4.91. The summed E-state index contributed by atoms with van der Waals surface area (Å²) in [5.74, 6) is 0.787. The smallest absolute Gasteiger partial charge is 0.242 e. The third-order valence-electron chi connectivity index (χ3n) is 3.76. The summed E-state index contributed by atoms with van der Waals surface area (Å²) in [6.07, 6.45) is 0. The van der Waals surface area contributed by atoms with E-state index in [-0.39, 0.29) is 11.9 Å². The molecule has 1 atom stereocenters. The summed E-state index contributed by atoms with van der Waals surface area (Å²) in [5, 5.41) is 13.7. The maximum atomic E-state index is 12.2. The van der Waals surface area contributed by atoms with Crippen molar-refractivity contribution in [1.29, 1.82) is 5.26 Å². The van der Waals surface area contributed by atoms with Crippen LogP contribution in [0.15, 0.2) is 41.8 Å². The van der Waals surface area contributed by atoms with Crippen molar-refractivity contribution in [3.8, 4) is 11.8 Å². The molecule has 1 aromatic carbocycles. The molecule has 1 saturated heterocycles. The number of carbonyl (C=O) groups is 1. The second-order valence-electron chi connectivity index (χ2n) is 5.23. The van der Waals surface area contributed by atoms with Crippen LogP contribution in [0.5, 0.6) is 5.75 Å². The van der Waals surface area contributed by atoms with Crippen molar-refractivity contribution in [2.75, 3.05) is 26.2 Å². The number of benzene rings is 1. The summed E-state index contributed by atoms with van der Waals surface area (Å²) < 4.78 is 5.73. The standard InChI is InChI=1S/C17H17N3O2S/c18-12-13-3-5-14(6-4-13)22-10-9-20-8-7-19-17(21)16(20)15-2-1-11-23-15/h1-6,11,16H,7-10H2,(H,19,21)/t16-/m1/s1. The second-order valence-corrected chi connectivity index (χ2v) is 6.21. The quantitative estimate of drug-likeness (QED) is 0.914. The molecule has 1 N–H and O–H groups in total. The van der Waals surface area contributed by atoms with E-state index in [1.54, 1.807) is 35.6 Å². The SMILES string of the molecule is N#Cc1ccc(OCCN2CCNC(=O)[C@H]2c2cccs2)cc1. The Morgan fingerprint density at radius 2 is 2.17 bits per heavy atom. The van der Waals surface area contributed by atoms with Gasteiger partial charge in [-0.05, 0) is 35.7 Å². The molecule has 23 heavy (non-hydrogen) atoms. The van der Waals surface area contributed by atoms with Crippen molar-refractivity contribution < 1.29 is 9.53 Å². The van der Waals surface area contributed by atoms with Crippen LogP contribution in [0.2, 0.25) is 0 Å². The summed E-state index contributed by atoms with van der Waals surface area (Å²) in [6, 6.07) is 12.9. The maximum Gasteiger partial charge on any atom is 0.242 e. The fourth-order valence-corrected chi connectivity index (χ4v) is 3.47. The Morgan fingerprint density at radius 1 is 1.35 bits per heavy atom. The lowest BCUT2D eigenvalue weighted by Crippen LogP contribution is -2.50. The van der Waals surface area contributed by atoms with E-state index in [9.17, 15) is 4.79 Å². The predicted molar refractivity (Wildman–Crippen MR) is 88.3 cm³/mol. The van der Waals surface area contributed by atoms with Crippen molar-refractivity contribution in [3.05, 3.63) is 52.2 Å². The molecule has 5 nitrogen and oxygen atoms in total. The number of hydrogen-bond acceptors (Lipinski definition) is 5. The molecule has 0 saturated carbocycles. The van der Waals surface area contributed by atoms with Gasteiger partial charge in [-0.15, -0.1) is 11.3 Å². The number of thiophene rings is 1. The molecule has 1 aromatic heterocycles. The Morgan fingerprint density at radius 3 is 2.87 bits per heavy atom. The molecule has 1 amide bonds. The lowest BCUT2D eigenvalue weighted by Gasteiger charge is -2.34. The summed E-state index contributed by atoms with van der Waals surface area (Å²) >= 11 is 1.60. The molecule has 118 valence electrons. The molecule has 0 radical (unpaired) electrons. The third-order valence-corrected chi connectivity index (χ3v) is 4.68. The number of nitriles is 1. The van der Waals surface area contributed by atoms with E-state index in [2.05, 4.69) is 16.3 Å². The Hall–Kier alpha value is -2.36. The lowest BCUT2D eigenvalue weighted by molar-refractivity contribution is -0.129. The van der Waals surface area contributed by atoms with Crippen molar-refractivity contribution in [1.82, 2.24) is 10.2 Å². The van der Waals surface area contributed by atoms with Gasteiger partial charge in [0.25, 0.3) is 0 Å². The number of nitrogens with one attached hydrogen (secondary N) is 1. The summed E-state index contributed by atoms with van der Waals surface area (Å²) in [7, 11) is 0. The number of nitrogens with zero attached hydrogens (tertiary/aromatic N) is 2. The summed E-state index contributed by atoms with van der Waals surface area (Å²) in [4.78, 5) is 15.4. The number of rotatable bonds is 5. The van der Waals surface area contributed by atoms with Crippen molar-refractivity contribution in [3.63, 3.8) is 0 Å². The van der Waals surface area contributed by atoms with Gasteiger partial charge in [0, 0.05) is 24.5 Å². The van der Waals surface area contributed by atoms with Gasteiger partial charge in [0.15, 0.2) is 0 Å². The summed E-state index contributed by atoms with van der Waals surface area (Å²) in [5.41, 5.74) is 0.614. The molecule has 0 aliphatic carbocycles. The van der Waals surface area contributed by atoms with Gasteiger partial charge >= 0.3 is 0 Å². The van der Waals surface area contributed by atoms with Gasteiger partial charge in [-0.25, -0.2) is 0 Å². The number of carbonyl (C=O) groups excluding carboxylic acids is 1. The molecule has 2 heterocycles. The summed E-state index contributed by atoms with van der Waals surface area (Å²) in [6.45, 7) is 2.65. The van der Waals surface area contributed by atoms with Crippen LogP contribution in [-0.2, 0) is 4.79 Å². The van der Waals surface area contributed by atoms with E-state index < -0.39 is 0 Å². The topological polar surface area (TPSA) is 65.4 Å². The monoisotopic (exact) mass is 327 g/mol. The highest BCUT2D eigenvalue weighted by Crippen LogP contribution is 2.26. The fraction of sp³-hybridized carbons (Fsp3) is 0.294. The molecule has 0 spiro atoms. The first-order chi connectivity index (χ1) is 11.3. The number of hydrogen-bond donors (Lipinski definition) is 1. The molecular formula is C17H17N3O2S. The molecule has 1 aliphatic heterocycles. The lowest BCUT2D eigenvalue weighted by atomic mass is 10.1. The van der Waals surface area contributed by atoms with Crippen LogP contribution in [0, 0.1) is 11.3 Å². The normalized spacial score (nSPS) is 18.2. The van der Waals surface area contributed by atoms with E-state index in [1.807, 2.05) is 17.5 Å². The molecule has 1 aliphatic rings. The van der Waals surface area contributed by atoms with Gasteiger partial charge in [0.2, 0.25) is 5.91 Å². The van der Waals surface area contributed by atoms with Gasteiger partial charge in [0.1, 0.15) is 18.4 Å². The molecule has 0 unspecified atom stereocenters. The highest BCUT2D eigenvalue weighted by atomic mass is 32.1. The second kappa shape index (κ2) is 7.27. The molecule has 6 heteroatoms. The van der Waals surface area contributed by atoms with E-state index in [4.69, 9.17) is 10.00 Å². The first kappa shape index (κ1) is 15.5. The van der Waals surface area contributed by atoms with Crippen LogP contribution < -0.4 is 10.1 Å². The van der Waals surface area contributed by atoms with Crippen LogP contribution in [0.4, 0.5) is 0 Å². The van der Waals surface area contributed by atoms with Crippen LogP contribution in [0.3, 0.4) is 0 Å². The maximum absolute atomic E-state index is 12.2. The van der Waals surface area contributed by atoms with Crippen LogP contribution in [0.25, 0.3) is 0 Å². The van der Waals surface area contributed by atoms with Gasteiger partial charge < -0.3 is 10.1 Å². The first-order valence-electron chi connectivity index (χ1n) is 7.46. The zero-order chi connectivity index (χ0) is 16.1. The largest absolute Gasteiger partial charge is 0.492 e. The minimum Gasteiger partial charge on any atom is -0.492 e. The van der Waals surface area contributed by atoms with Gasteiger partial charge in [-0.2, -0.15) is 5.26 Å². The van der Waals surface area contributed by atoms with Gasteiger partial charge in [-0.1, -0.05) is 6.07 Å². The Bertz CT molecular complexity index is 692. The Labute approximate surface area is 139 Å². The Balaban J connectivity index is 1.59. The predicted octanol–water partition coefficient (Wildman–Crippen LogP) is 2.17. The average molecular weight is 327 g/mol. The van der Waals surface area contributed by atoms with E-state index in [0.717, 1.165) is 17.2 Å². The average Bonchev–Trinajstić information content (AvgIpc) is 3.10. The van der Waals surface area contributed by atoms with E-state index >= 15 is 0 Å². The third kappa shape index (κ3) is 3.70. The number of piperazine rings is 1. The van der Waals surface area contributed by atoms with Crippen molar-refractivity contribution in [2.45, 2.75) is 6.04 Å². The van der Waals surface area contributed by atoms with Gasteiger partial charge in [-0.3, -0.25) is 9.69 Å². The number of ether oxygens (including phenoxy) is 1. The van der Waals surface area contributed by atoms with Gasteiger partial charge in [0.05, 0.1) is 11.6 Å². The van der Waals surface area contributed by atoms with Crippen molar-refractivity contribution >= 4 is 17.2 Å². The minimum atomic E-state index is -0.228. The number of amides is 1. The fourth-order valence-electron chi connectivity index (χ4n) is 2.62. The van der Waals surface area contributed by atoms with Crippen LogP contribution >= 0.6 is 11.3 Å².